The zero-order valence-corrected chi connectivity index (χ0v) is 9.82. The predicted molar refractivity (Wildman–Crippen MR) is 63.7 cm³/mol. The molecule has 1 aromatic rings. The minimum atomic E-state index is -0.741. The summed E-state index contributed by atoms with van der Waals surface area (Å²) in [6.07, 6.45) is 1.17. The van der Waals surface area contributed by atoms with Crippen molar-refractivity contribution >= 4 is 11.7 Å². The van der Waals surface area contributed by atoms with Crippen molar-refractivity contribution in [3.8, 4) is 0 Å². The van der Waals surface area contributed by atoms with Crippen LogP contribution >= 0.6 is 0 Å². The molecular formula is C13H16FNO2. The van der Waals surface area contributed by atoms with Crippen molar-refractivity contribution in [2.75, 3.05) is 18.0 Å². The van der Waals surface area contributed by atoms with Crippen molar-refractivity contribution in [2.24, 2.45) is 5.92 Å². The minimum absolute atomic E-state index is 0.232. The monoisotopic (exact) mass is 237 g/mol. The lowest BCUT2D eigenvalue weighted by Gasteiger charge is -2.32. The number of carbonyl (C=O) groups is 1. The Kier molecular flexibility index (Phi) is 3.31. The number of piperidine rings is 1. The van der Waals surface area contributed by atoms with Crippen LogP contribution in [0.25, 0.3) is 0 Å². The van der Waals surface area contributed by atoms with E-state index in [0.29, 0.717) is 31.6 Å². The SMILES string of the molecule is Cc1ccc(F)c(N2CCC(C(=O)O)CC2)c1. The molecule has 1 aliphatic rings. The van der Waals surface area contributed by atoms with Crippen LogP contribution in [-0.2, 0) is 4.79 Å². The number of anilines is 1. The van der Waals surface area contributed by atoms with Gasteiger partial charge in [-0.25, -0.2) is 4.39 Å². The van der Waals surface area contributed by atoms with Crippen molar-refractivity contribution in [1.82, 2.24) is 0 Å². The van der Waals surface area contributed by atoms with Gasteiger partial charge in [0, 0.05) is 13.1 Å². The molecule has 1 aromatic carbocycles. The molecule has 0 aromatic heterocycles. The first-order valence-electron chi connectivity index (χ1n) is 5.82. The van der Waals surface area contributed by atoms with Gasteiger partial charge in [0.05, 0.1) is 11.6 Å². The Morgan fingerprint density at radius 3 is 2.65 bits per heavy atom. The van der Waals surface area contributed by atoms with Crippen LogP contribution in [0.2, 0.25) is 0 Å². The van der Waals surface area contributed by atoms with Gasteiger partial charge in [0.15, 0.2) is 0 Å². The second-order valence-corrected chi connectivity index (χ2v) is 4.55. The molecule has 0 aliphatic carbocycles. The van der Waals surface area contributed by atoms with Gasteiger partial charge >= 0.3 is 5.97 Å². The summed E-state index contributed by atoms with van der Waals surface area (Å²) in [5.74, 6) is -1.25. The zero-order valence-electron chi connectivity index (χ0n) is 9.82. The Hall–Kier alpha value is -1.58. The number of carboxylic acids is 1. The average Bonchev–Trinajstić information content (AvgIpc) is 2.32. The summed E-state index contributed by atoms with van der Waals surface area (Å²) < 4.78 is 13.7. The third-order valence-electron chi connectivity index (χ3n) is 3.29. The maximum atomic E-state index is 13.7. The lowest BCUT2D eigenvalue weighted by atomic mass is 9.96. The van der Waals surface area contributed by atoms with Gasteiger partial charge in [-0.3, -0.25) is 4.79 Å². The largest absolute Gasteiger partial charge is 0.481 e. The second kappa shape index (κ2) is 4.73. The van der Waals surface area contributed by atoms with E-state index in [9.17, 15) is 9.18 Å². The molecule has 1 fully saturated rings. The molecule has 0 unspecified atom stereocenters. The first kappa shape index (κ1) is 11.9. The number of aryl methyl sites for hydroxylation is 1. The van der Waals surface area contributed by atoms with Crippen LogP contribution in [0.4, 0.5) is 10.1 Å². The number of benzene rings is 1. The van der Waals surface area contributed by atoms with Crippen LogP contribution in [0.15, 0.2) is 18.2 Å². The highest BCUT2D eigenvalue weighted by atomic mass is 19.1. The van der Waals surface area contributed by atoms with Crippen LogP contribution < -0.4 is 4.90 Å². The Morgan fingerprint density at radius 2 is 2.06 bits per heavy atom. The van der Waals surface area contributed by atoms with Crippen molar-refractivity contribution in [1.29, 1.82) is 0 Å². The Labute approximate surface area is 99.9 Å². The van der Waals surface area contributed by atoms with Crippen LogP contribution in [0.5, 0.6) is 0 Å². The van der Waals surface area contributed by atoms with E-state index in [-0.39, 0.29) is 11.7 Å². The standard InChI is InChI=1S/C13H16FNO2/c1-9-2-3-11(14)12(8-9)15-6-4-10(5-7-15)13(16)17/h2-3,8,10H,4-7H2,1H3,(H,16,17). The number of nitrogens with zero attached hydrogens (tertiary/aromatic N) is 1. The molecule has 1 aliphatic heterocycles. The molecular weight excluding hydrogens is 221 g/mol. The molecule has 1 N–H and O–H groups in total. The van der Waals surface area contributed by atoms with E-state index in [2.05, 4.69) is 0 Å². The summed E-state index contributed by atoms with van der Waals surface area (Å²) in [6.45, 7) is 3.14. The van der Waals surface area contributed by atoms with Crippen molar-refractivity contribution in [2.45, 2.75) is 19.8 Å². The molecule has 1 heterocycles. The van der Waals surface area contributed by atoms with E-state index in [0.717, 1.165) is 5.56 Å². The van der Waals surface area contributed by atoms with E-state index in [1.54, 1.807) is 6.07 Å². The number of rotatable bonds is 2. The van der Waals surface area contributed by atoms with Gasteiger partial charge in [0.1, 0.15) is 5.82 Å². The number of aliphatic carboxylic acids is 1. The average molecular weight is 237 g/mol. The molecule has 2 rings (SSSR count). The molecule has 4 heteroatoms. The van der Waals surface area contributed by atoms with Crippen LogP contribution in [0.1, 0.15) is 18.4 Å². The number of hydrogen-bond acceptors (Lipinski definition) is 2. The Balaban J connectivity index is 2.10. The third kappa shape index (κ3) is 2.57. The van der Waals surface area contributed by atoms with Crippen LogP contribution in [0, 0.1) is 18.7 Å². The predicted octanol–water partition coefficient (Wildman–Crippen LogP) is 2.44. The summed E-state index contributed by atoms with van der Waals surface area (Å²) in [5, 5.41) is 8.90. The molecule has 0 spiro atoms. The highest BCUT2D eigenvalue weighted by Crippen LogP contribution is 2.26. The first-order chi connectivity index (χ1) is 8.08. The van der Waals surface area contributed by atoms with Gasteiger partial charge in [-0.05, 0) is 37.5 Å². The third-order valence-corrected chi connectivity index (χ3v) is 3.29. The van der Waals surface area contributed by atoms with Gasteiger partial charge in [-0.15, -0.1) is 0 Å². The van der Waals surface area contributed by atoms with Gasteiger partial charge in [0.2, 0.25) is 0 Å². The summed E-state index contributed by atoms with van der Waals surface area (Å²) in [5.41, 5.74) is 1.61. The highest BCUT2D eigenvalue weighted by Gasteiger charge is 2.25. The van der Waals surface area contributed by atoms with E-state index in [1.807, 2.05) is 17.9 Å². The van der Waals surface area contributed by atoms with E-state index in [1.165, 1.54) is 6.07 Å². The summed E-state index contributed by atoms with van der Waals surface area (Å²) in [7, 11) is 0. The van der Waals surface area contributed by atoms with Gasteiger partial charge in [0.25, 0.3) is 0 Å². The number of hydrogen-bond donors (Lipinski definition) is 1. The van der Waals surface area contributed by atoms with Crippen LogP contribution in [0.3, 0.4) is 0 Å². The molecule has 0 amide bonds. The summed E-state index contributed by atoms with van der Waals surface area (Å²) in [4.78, 5) is 12.8. The normalized spacial score (nSPS) is 17.2. The van der Waals surface area contributed by atoms with Gasteiger partial charge in [-0.1, -0.05) is 6.07 Å². The highest BCUT2D eigenvalue weighted by molar-refractivity contribution is 5.70. The molecule has 0 saturated carbocycles. The lowest BCUT2D eigenvalue weighted by Crippen LogP contribution is -2.36. The van der Waals surface area contributed by atoms with E-state index < -0.39 is 5.97 Å². The summed E-state index contributed by atoms with van der Waals surface area (Å²) >= 11 is 0. The number of halogens is 1. The van der Waals surface area contributed by atoms with Crippen LogP contribution in [-0.4, -0.2) is 24.2 Å². The first-order valence-corrected chi connectivity index (χ1v) is 5.82. The Morgan fingerprint density at radius 1 is 1.41 bits per heavy atom. The molecule has 92 valence electrons. The smallest absolute Gasteiger partial charge is 0.306 e. The van der Waals surface area contributed by atoms with Crippen molar-refractivity contribution in [3.05, 3.63) is 29.6 Å². The molecule has 0 atom stereocenters. The fourth-order valence-electron chi connectivity index (χ4n) is 2.23. The zero-order chi connectivity index (χ0) is 12.4. The lowest BCUT2D eigenvalue weighted by molar-refractivity contribution is -0.142. The minimum Gasteiger partial charge on any atom is -0.481 e. The fourth-order valence-corrected chi connectivity index (χ4v) is 2.23. The van der Waals surface area contributed by atoms with E-state index in [4.69, 9.17) is 5.11 Å². The molecule has 17 heavy (non-hydrogen) atoms. The van der Waals surface area contributed by atoms with Crippen molar-refractivity contribution in [3.63, 3.8) is 0 Å². The maximum Gasteiger partial charge on any atom is 0.306 e. The number of carboxylic acid groups (broad SMARTS) is 1. The van der Waals surface area contributed by atoms with Gasteiger partial charge in [-0.2, -0.15) is 0 Å². The van der Waals surface area contributed by atoms with Gasteiger partial charge < -0.3 is 10.0 Å². The fraction of sp³-hybridized carbons (Fsp3) is 0.462. The molecule has 0 bridgehead atoms. The second-order valence-electron chi connectivity index (χ2n) is 4.55. The Bertz CT molecular complexity index is 425. The molecule has 0 radical (unpaired) electrons. The van der Waals surface area contributed by atoms with E-state index >= 15 is 0 Å². The topological polar surface area (TPSA) is 40.5 Å². The summed E-state index contributed by atoms with van der Waals surface area (Å²) in [6, 6.07) is 5.02. The molecule has 3 nitrogen and oxygen atoms in total. The quantitative estimate of drug-likeness (QED) is 0.858. The maximum absolute atomic E-state index is 13.7. The van der Waals surface area contributed by atoms with Crippen molar-refractivity contribution < 1.29 is 14.3 Å². The molecule has 1 saturated heterocycles.